The summed E-state index contributed by atoms with van der Waals surface area (Å²) >= 11 is 0. The zero-order chi connectivity index (χ0) is 23.2. The summed E-state index contributed by atoms with van der Waals surface area (Å²) in [6.07, 6.45) is 7.99. The number of allylic oxidation sites excluding steroid dienone is 3. The van der Waals surface area contributed by atoms with Gasteiger partial charge in [0.1, 0.15) is 17.7 Å². The molecule has 0 radical (unpaired) electrons. The van der Waals surface area contributed by atoms with Crippen molar-refractivity contribution in [3.63, 3.8) is 0 Å². The van der Waals surface area contributed by atoms with Crippen molar-refractivity contribution >= 4 is 23.2 Å². The summed E-state index contributed by atoms with van der Waals surface area (Å²) in [5.41, 5.74) is 3.47. The zero-order valence-corrected chi connectivity index (χ0v) is 20.3. The molecule has 1 amide bonds. The summed E-state index contributed by atoms with van der Waals surface area (Å²) in [5.74, 6) is 0.888. The molecule has 0 saturated carbocycles. The minimum atomic E-state index is -0.502. The van der Waals surface area contributed by atoms with E-state index in [1.165, 1.54) is 0 Å². The van der Waals surface area contributed by atoms with Gasteiger partial charge in [-0.15, -0.1) is 0 Å². The zero-order valence-electron chi connectivity index (χ0n) is 20.3. The molecule has 1 unspecified atom stereocenters. The number of carbonyl (C=O) groups excluding carboxylic acids is 1. The third kappa shape index (κ3) is 6.15. The van der Waals surface area contributed by atoms with E-state index < -0.39 is 5.60 Å². The van der Waals surface area contributed by atoms with Crippen molar-refractivity contribution in [2.45, 2.75) is 73.5 Å². The van der Waals surface area contributed by atoms with Gasteiger partial charge in [-0.25, -0.2) is 14.8 Å². The normalized spacial score (nSPS) is 18.6. The third-order valence-corrected chi connectivity index (χ3v) is 5.15. The van der Waals surface area contributed by atoms with Crippen LogP contribution in [0.5, 0.6) is 0 Å². The number of anilines is 1. The van der Waals surface area contributed by atoms with Gasteiger partial charge in [0.15, 0.2) is 0 Å². The van der Waals surface area contributed by atoms with Crippen LogP contribution in [0.2, 0.25) is 0 Å². The first-order chi connectivity index (χ1) is 14.6. The van der Waals surface area contributed by atoms with Gasteiger partial charge in [0.2, 0.25) is 0 Å². The molecule has 0 spiro atoms. The number of aromatic nitrogens is 2. The van der Waals surface area contributed by atoms with Crippen molar-refractivity contribution in [1.29, 1.82) is 0 Å². The molecule has 1 aromatic heterocycles. The monoisotopic (exact) mass is 427 g/mol. The predicted octanol–water partition coefficient (Wildman–Crippen LogP) is 5.02. The van der Waals surface area contributed by atoms with Gasteiger partial charge in [0.25, 0.3) is 0 Å². The molecule has 0 bridgehead atoms. The number of aliphatic imine (C=N–C) groups is 1. The Morgan fingerprint density at radius 2 is 2.00 bits per heavy atom. The second kappa shape index (κ2) is 10.6. The van der Waals surface area contributed by atoms with Crippen LogP contribution in [-0.4, -0.2) is 57.9 Å². The van der Waals surface area contributed by atoms with Gasteiger partial charge in [-0.3, -0.25) is 4.99 Å². The number of ether oxygens (including phenoxy) is 1. The Kier molecular flexibility index (Phi) is 8.36. The van der Waals surface area contributed by atoms with Crippen LogP contribution in [0.3, 0.4) is 0 Å². The summed E-state index contributed by atoms with van der Waals surface area (Å²) < 4.78 is 5.56. The van der Waals surface area contributed by atoms with Crippen molar-refractivity contribution in [3.8, 4) is 0 Å². The standard InChI is InChI=1S/C24H37N5O2/c1-9-12-25-20(11-3)19(10-2)21-18(5)26-16-27-22(21)29-14-13-28(15-17(29)4)23(30)31-24(6,7)8/h9-10,12,16-17H,11,13-15H2,1-8H3/b12-9-,19-10-,25-20-. The summed E-state index contributed by atoms with van der Waals surface area (Å²) in [6.45, 7) is 17.7. The van der Waals surface area contributed by atoms with Crippen LogP contribution in [0, 0.1) is 6.92 Å². The lowest BCUT2D eigenvalue weighted by molar-refractivity contribution is 0.0218. The SMILES string of the molecule is C\C=C/N=C(CC)\C(=C\C)c1c(C)ncnc1N1CCN(C(=O)OC(C)(C)C)CC1C. The van der Waals surface area contributed by atoms with Crippen LogP contribution < -0.4 is 4.90 Å². The first-order valence-electron chi connectivity index (χ1n) is 11.0. The molecule has 0 aromatic carbocycles. The van der Waals surface area contributed by atoms with Gasteiger partial charge in [-0.05, 0) is 54.9 Å². The van der Waals surface area contributed by atoms with Crippen LogP contribution >= 0.6 is 0 Å². The maximum absolute atomic E-state index is 12.5. The molecule has 0 N–H and O–H groups in total. The quantitative estimate of drug-likeness (QED) is 0.617. The van der Waals surface area contributed by atoms with Gasteiger partial charge in [0, 0.05) is 48.7 Å². The van der Waals surface area contributed by atoms with Crippen molar-refractivity contribution in [1.82, 2.24) is 14.9 Å². The van der Waals surface area contributed by atoms with E-state index in [0.29, 0.717) is 19.6 Å². The average molecular weight is 428 g/mol. The summed E-state index contributed by atoms with van der Waals surface area (Å²) in [7, 11) is 0. The van der Waals surface area contributed by atoms with E-state index in [9.17, 15) is 4.79 Å². The molecule has 2 rings (SSSR count). The maximum atomic E-state index is 12.5. The average Bonchev–Trinajstić information content (AvgIpc) is 2.70. The second-order valence-electron chi connectivity index (χ2n) is 8.74. The first kappa shape index (κ1) is 24.6. The molecular formula is C24H37N5O2. The van der Waals surface area contributed by atoms with Gasteiger partial charge < -0.3 is 14.5 Å². The van der Waals surface area contributed by atoms with Crippen LogP contribution in [0.4, 0.5) is 10.6 Å². The van der Waals surface area contributed by atoms with Crippen LogP contribution in [0.1, 0.15) is 66.1 Å². The van der Waals surface area contributed by atoms with E-state index >= 15 is 0 Å². The number of hydrogen-bond acceptors (Lipinski definition) is 6. The van der Waals surface area contributed by atoms with Gasteiger partial charge in [0.05, 0.1) is 5.69 Å². The molecule has 1 aliphatic rings. The van der Waals surface area contributed by atoms with E-state index in [-0.39, 0.29) is 12.1 Å². The molecule has 0 aliphatic carbocycles. The molecule has 7 nitrogen and oxygen atoms in total. The topological polar surface area (TPSA) is 70.9 Å². The minimum Gasteiger partial charge on any atom is -0.444 e. The molecule has 1 aromatic rings. The molecule has 7 heteroatoms. The Balaban J connectivity index is 2.37. The molecular weight excluding hydrogens is 390 g/mol. The van der Waals surface area contributed by atoms with Crippen molar-refractivity contribution in [3.05, 3.63) is 35.9 Å². The predicted molar refractivity (Wildman–Crippen MR) is 128 cm³/mol. The number of nitrogens with zero attached hydrogens (tertiary/aromatic N) is 5. The Morgan fingerprint density at radius 3 is 2.55 bits per heavy atom. The van der Waals surface area contributed by atoms with E-state index in [4.69, 9.17) is 4.74 Å². The number of amides is 1. The fourth-order valence-electron chi connectivity index (χ4n) is 3.73. The van der Waals surface area contributed by atoms with Crippen molar-refractivity contribution in [2.75, 3.05) is 24.5 Å². The highest BCUT2D eigenvalue weighted by Gasteiger charge is 2.32. The summed E-state index contributed by atoms with van der Waals surface area (Å²) in [6, 6.07) is 0.0879. The highest BCUT2D eigenvalue weighted by atomic mass is 16.6. The van der Waals surface area contributed by atoms with Crippen molar-refractivity contribution < 1.29 is 9.53 Å². The van der Waals surface area contributed by atoms with Crippen molar-refractivity contribution in [2.24, 2.45) is 4.99 Å². The van der Waals surface area contributed by atoms with E-state index in [1.807, 2.05) is 53.8 Å². The van der Waals surface area contributed by atoms with Crippen LogP contribution in [0.25, 0.3) is 5.57 Å². The van der Waals surface area contributed by atoms with E-state index in [1.54, 1.807) is 11.2 Å². The lowest BCUT2D eigenvalue weighted by atomic mass is 9.97. The number of aryl methyl sites for hydroxylation is 1. The molecule has 2 heterocycles. The van der Waals surface area contributed by atoms with Crippen LogP contribution in [0.15, 0.2) is 29.7 Å². The Morgan fingerprint density at radius 1 is 1.29 bits per heavy atom. The number of hydrogen-bond donors (Lipinski definition) is 0. The molecule has 1 fully saturated rings. The lowest BCUT2D eigenvalue weighted by Crippen LogP contribution is -2.55. The summed E-state index contributed by atoms with van der Waals surface area (Å²) in [4.78, 5) is 30.4. The molecule has 1 atom stereocenters. The minimum absolute atomic E-state index is 0.0879. The second-order valence-corrected chi connectivity index (χ2v) is 8.74. The highest BCUT2D eigenvalue weighted by Crippen LogP contribution is 2.31. The number of piperazine rings is 1. The fraction of sp³-hybridized carbons (Fsp3) is 0.583. The largest absolute Gasteiger partial charge is 0.444 e. The van der Waals surface area contributed by atoms with Gasteiger partial charge in [-0.1, -0.05) is 19.1 Å². The van der Waals surface area contributed by atoms with E-state index in [2.05, 4.69) is 39.8 Å². The smallest absolute Gasteiger partial charge is 0.410 e. The molecule has 31 heavy (non-hydrogen) atoms. The Labute approximate surface area is 186 Å². The number of carbonyl (C=O) groups is 1. The molecule has 1 aliphatic heterocycles. The molecule has 170 valence electrons. The summed E-state index contributed by atoms with van der Waals surface area (Å²) in [5, 5.41) is 0. The van der Waals surface area contributed by atoms with Gasteiger partial charge in [-0.2, -0.15) is 0 Å². The Bertz CT molecular complexity index is 867. The first-order valence-corrected chi connectivity index (χ1v) is 11.0. The van der Waals surface area contributed by atoms with Crippen LogP contribution in [-0.2, 0) is 4.74 Å². The highest BCUT2D eigenvalue weighted by molar-refractivity contribution is 6.25. The fourth-order valence-corrected chi connectivity index (χ4v) is 3.73. The third-order valence-electron chi connectivity index (χ3n) is 5.15. The molecule has 1 saturated heterocycles. The number of rotatable bonds is 5. The van der Waals surface area contributed by atoms with Gasteiger partial charge >= 0.3 is 6.09 Å². The van der Waals surface area contributed by atoms with E-state index in [0.717, 1.165) is 34.8 Å². The maximum Gasteiger partial charge on any atom is 0.410 e. The Hall–Kier alpha value is -2.70. The lowest BCUT2D eigenvalue weighted by Gasteiger charge is -2.41.